The molecule has 1 aromatic heterocycles. The first-order valence-electron chi connectivity index (χ1n) is 15.3. The molecular formula is C30H45N4O12P. The second-order valence-electron chi connectivity index (χ2n) is 12.0. The fourth-order valence-electron chi connectivity index (χ4n) is 4.40. The van der Waals surface area contributed by atoms with Gasteiger partial charge in [0, 0.05) is 6.42 Å². The number of nitrogens with two attached hydrogens (primary N) is 1. The summed E-state index contributed by atoms with van der Waals surface area (Å²) in [5, 5.41) is 35.1. The minimum Gasteiger partial charge on any atom is -0.493 e. The summed E-state index contributed by atoms with van der Waals surface area (Å²) in [6, 6.07) is 6.59. The molecule has 0 radical (unpaired) electrons. The van der Waals surface area contributed by atoms with Gasteiger partial charge in [0.2, 0.25) is 5.88 Å². The molecule has 1 saturated heterocycles. The summed E-state index contributed by atoms with van der Waals surface area (Å²) in [4.78, 5) is 40.8. The molecule has 0 spiro atoms. The lowest BCUT2D eigenvalue weighted by Crippen LogP contribution is -2.47. The zero-order chi connectivity index (χ0) is 34.8. The van der Waals surface area contributed by atoms with E-state index in [4.69, 9.17) is 29.0 Å². The highest BCUT2D eigenvalue weighted by atomic mass is 31.2. The molecule has 3 rings (SSSR count). The van der Waals surface area contributed by atoms with Gasteiger partial charge in [0.15, 0.2) is 11.4 Å². The number of para-hydroxylation sites is 1. The Hall–Kier alpha value is -3.53. The van der Waals surface area contributed by atoms with E-state index in [-0.39, 0.29) is 37.7 Å². The number of esters is 2. The number of benzene rings is 1. The van der Waals surface area contributed by atoms with Crippen molar-refractivity contribution in [3.63, 3.8) is 0 Å². The smallest absolute Gasteiger partial charge is 0.459 e. The number of carbonyl (C=O) groups excluding carboxylic acids is 3. The van der Waals surface area contributed by atoms with Crippen molar-refractivity contribution in [3.8, 4) is 11.6 Å². The van der Waals surface area contributed by atoms with Crippen molar-refractivity contribution >= 4 is 25.6 Å². The molecule has 0 bridgehead atoms. The van der Waals surface area contributed by atoms with Crippen LogP contribution in [0.4, 0.5) is 0 Å². The normalized spacial score (nSPS) is 21.4. The Labute approximate surface area is 273 Å². The van der Waals surface area contributed by atoms with Crippen molar-refractivity contribution in [2.24, 2.45) is 17.6 Å². The van der Waals surface area contributed by atoms with E-state index in [1.54, 1.807) is 18.2 Å². The first-order chi connectivity index (χ1) is 22.1. The molecule has 262 valence electrons. The fraction of sp³-hybridized carbons (Fsp3) is 0.600. The molecule has 6 N–H and O–H groups in total. The molecule has 2 aromatic rings. The van der Waals surface area contributed by atoms with Gasteiger partial charge in [-0.25, -0.2) is 9.55 Å². The predicted molar refractivity (Wildman–Crippen MR) is 166 cm³/mol. The number of hydrogen-bond donors (Lipinski definition) is 5. The van der Waals surface area contributed by atoms with Crippen LogP contribution in [0.2, 0.25) is 0 Å². The number of hydrogen-bond acceptors (Lipinski definition) is 13. The van der Waals surface area contributed by atoms with E-state index in [9.17, 15) is 34.3 Å². The largest absolute Gasteiger partial charge is 0.493 e. The van der Waals surface area contributed by atoms with Crippen molar-refractivity contribution < 1.29 is 57.5 Å². The summed E-state index contributed by atoms with van der Waals surface area (Å²) < 4.78 is 42.5. The van der Waals surface area contributed by atoms with Crippen LogP contribution in [-0.2, 0) is 38.6 Å². The van der Waals surface area contributed by atoms with Crippen LogP contribution in [0.25, 0.3) is 0 Å². The molecule has 1 fully saturated rings. The van der Waals surface area contributed by atoms with Crippen molar-refractivity contribution in [1.82, 2.24) is 14.6 Å². The van der Waals surface area contributed by atoms with Gasteiger partial charge in [-0.15, -0.1) is 0 Å². The van der Waals surface area contributed by atoms with Gasteiger partial charge < -0.3 is 39.8 Å². The second kappa shape index (κ2) is 17.0. The van der Waals surface area contributed by atoms with Gasteiger partial charge in [0.25, 0.3) is 5.91 Å². The van der Waals surface area contributed by atoms with Gasteiger partial charge >= 0.3 is 19.7 Å². The number of aromatic nitrogens is 2. The van der Waals surface area contributed by atoms with Gasteiger partial charge in [-0.2, -0.15) is 5.09 Å². The van der Waals surface area contributed by atoms with Crippen molar-refractivity contribution in [3.05, 3.63) is 42.4 Å². The van der Waals surface area contributed by atoms with Gasteiger partial charge in [0.1, 0.15) is 30.3 Å². The molecule has 1 aliphatic rings. The van der Waals surface area contributed by atoms with Crippen LogP contribution in [0.1, 0.15) is 63.9 Å². The highest BCUT2D eigenvalue weighted by Crippen LogP contribution is 2.46. The second-order valence-corrected chi connectivity index (χ2v) is 13.7. The number of carbonyl (C=O) groups is 3. The Morgan fingerprint density at radius 1 is 1.11 bits per heavy atom. The minimum absolute atomic E-state index is 0.0808. The third-order valence-corrected chi connectivity index (χ3v) is 8.81. The summed E-state index contributed by atoms with van der Waals surface area (Å²) in [6.45, 7) is 6.94. The lowest BCUT2D eigenvalue weighted by Gasteiger charge is -2.29. The summed E-state index contributed by atoms with van der Waals surface area (Å²) in [7, 11) is -4.51. The average Bonchev–Trinajstić information content (AvgIpc) is 3.53. The number of amides is 1. The van der Waals surface area contributed by atoms with Gasteiger partial charge in [-0.1, -0.05) is 45.9 Å². The minimum atomic E-state index is -4.51. The number of nitrogens with zero attached hydrogens (tertiary/aromatic N) is 2. The van der Waals surface area contributed by atoms with Crippen LogP contribution >= 0.6 is 7.75 Å². The number of imidazole rings is 1. The fourth-order valence-corrected chi connectivity index (χ4v) is 5.94. The summed E-state index contributed by atoms with van der Waals surface area (Å²) in [6.07, 6.45) is -1.39. The number of nitrogens with one attached hydrogen (secondary N) is 1. The maximum Gasteiger partial charge on any atom is 0.459 e. The Bertz CT molecular complexity index is 1390. The highest BCUT2D eigenvalue weighted by molar-refractivity contribution is 7.52. The summed E-state index contributed by atoms with van der Waals surface area (Å²) >= 11 is 0. The number of rotatable bonds is 19. The molecule has 17 heteroatoms. The number of primary amides is 1. The van der Waals surface area contributed by atoms with Crippen molar-refractivity contribution in [2.75, 3.05) is 26.4 Å². The summed E-state index contributed by atoms with van der Waals surface area (Å²) in [5.41, 5.74) is 2.33. The number of ether oxygens (including phenoxy) is 3. The van der Waals surface area contributed by atoms with E-state index in [2.05, 4.69) is 10.1 Å². The van der Waals surface area contributed by atoms with Crippen molar-refractivity contribution in [1.29, 1.82) is 0 Å². The van der Waals surface area contributed by atoms with Crippen LogP contribution in [0.5, 0.6) is 11.6 Å². The molecular weight excluding hydrogens is 639 g/mol. The van der Waals surface area contributed by atoms with E-state index in [1.807, 2.05) is 27.7 Å². The molecule has 5 atom stereocenters. The molecule has 1 aliphatic heterocycles. The van der Waals surface area contributed by atoms with Crippen LogP contribution in [0, 0.1) is 11.8 Å². The van der Waals surface area contributed by atoms with E-state index >= 15 is 0 Å². The average molecular weight is 685 g/mol. The monoisotopic (exact) mass is 684 g/mol. The Morgan fingerprint density at radius 2 is 1.74 bits per heavy atom. The number of aliphatic hydroxyl groups is 2. The molecule has 2 heterocycles. The molecule has 47 heavy (non-hydrogen) atoms. The van der Waals surface area contributed by atoms with Gasteiger partial charge in [-0.3, -0.25) is 23.5 Å². The first kappa shape index (κ1) is 37.9. The molecule has 1 amide bonds. The first-order valence-corrected chi connectivity index (χ1v) is 16.9. The number of aromatic hydroxyl groups is 1. The van der Waals surface area contributed by atoms with Crippen LogP contribution < -0.4 is 15.3 Å². The Morgan fingerprint density at radius 3 is 2.34 bits per heavy atom. The van der Waals surface area contributed by atoms with E-state index in [0.717, 1.165) is 10.9 Å². The molecule has 1 aromatic carbocycles. The quantitative estimate of drug-likeness (QED) is 0.106. The molecule has 0 saturated carbocycles. The lowest BCUT2D eigenvalue weighted by atomic mass is 10.1. The van der Waals surface area contributed by atoms with Crippen LogP contribution in [0.15, 0.2) is 36.7 Å². The van der Waals surface area contributed by atoms with E-state index in [1.165, 1.54) is 12.1 Å². The van der Waals surface area contributed by atoms with Crippen LogP contribution in [0.3, 0.4) is 0 Å². The van der Waals surface area contributed by atoms with Gasteiger partial charge in [0.05, 0.1) is 26.4 Å². The number of aliphatic hydroxyl groups excluding tert-OH is 1. The van der Waals surface area contributed by atoms with Crippen molar-refractivity contribution in [2.45, 2.75) is 77.4 Å². The zero-order valence-corrected chi connectivity index (χ0v) is 27.8. The predicted octanol–water partition coefficient (Wildman–Crippen LogP) is 2.21. The zero-order valence-electron chi connectivity index (χ0n) is 26.9. The van der Waals surface area contributed by atoms with E-state index in [0.29, 0.717) is 18.8 Å². The Balaban J connectivity index is 1.79. The highest BCUT2D eigenvalue weighted by Gasteiger charge is 2.52. The van der Waals surface area contributed by atoms with E-state index < -0.39 is 74.4 Å². The SMILES string of the molecule is CC(C)CCOC(=O)CC[C@H](NP(=O)(OC[C@H]1OC[C@@](O)(n2cnc(C(N)=O)c2O)[C@@H]1O)Oc1ccccc1)C(=O)OCCC(C)C. The third-order valence-electron chi connectivity index (χ3n) is 7.24. The standard InChI is InChI=1S/C30H45N4O12P/c1-19(2)12-14-42-24(35)11-10-22(29(39)43-15-13-20(3)4)33-47(41,46-21-8-6-5-7-9-21)45-16-23-26(36)30(40,17-44-23)34-18-32-25(27(31)37)28(34)38/h5-9,18-20,22-23,26,36,38,40H,10-17H2,1-4H3,(H2,31,37)(H,33,41)/t22-,23+,26+,30-,47?/m0/s1. The van der Waals surface area contributed by atoms with Gasteiger partial charge in [-0.05, 0) is 43.2 Å². The van der Waals surface area contributed by atoms with Crippen LogP contribution in [-0.4, -0.2) is 87.4 Å². The third kappa shape index (κ3) is 10.7. The molecule has 0 aliphatic carbocycles. The molecule has 16 nitrogen and oxygen atoms in total. The Kier molecular flexibility index (Phi) is 13.7. The maximum absolute atomic E-state index is 14.2. The lowest BCUT2D eigenvalue weighted by molar-refractivity contribution is -0.147. The summed E-state index contributed by atoms with van der Waals surface area (Å²) in [5.74, 6) is -2.55. The maximum atomic E-state index is 14.2. The topological polar surface area (TPSA) is 231 Å². The molecule has 1 unspecified atom stereocenters.